The lowest BCUT2D eigenvalue weighted by Gasteiger charge is -2.19. The third-order valence-electron chi connectivity index (χ3n) is 3.17. The van der Waals surface area contributed by atoms with Gasteiger partial charge < -0.3 is 14.2 Å². The van der Waals surface area contributed by atoms with Crippen LogP contribution in [0.4, 0.5) is 0 Å². The maximum Gasteiger partial charge on any atom is 0.165 e. The van der Waals surface area contributed by atoms with E-state index in [9.17, 15) is 0 Å². The predicted octanol–water partition coefficient (Wildman–Crippen LogP) is 3.35. The summed E-state index contributed by atoms with van der Waals surface area (Å²) in [5.41, 5.74) is 2.43. The molecule has 3 nitrogen and oxygen atoms in total. The number of hydrogen-bond donors (Lipinski definition) is 0. The first-order chi connectivity index (χ1) is 9.33. The highest BCUT2D eigenvalue weighted by molar-refractivity contribution is 5.46. The summed E-state index contributed by atoms with van der Waals surface area (Å²) in [4.78, 5) is 0. The average Bonchev–Trinajstić information content (AvgIpc) is 2.46. The second-order valence-electron chi connectivity index (χ2n) is 4.52. The highest BCUT2D eigenvalue weighted by Crippen LogP contribution is 2.33. The van der Waals surface area contributed by atoms with Crippen molar-refractivity contribution < 1.29 is 14.2 Å². The van der Waals surface area contributed by atoms with E-state index >= 15 is 0 Å². The lowest BCUT2D eigenvalue weighted by atomic mass is 10.1. The van der Waals surface area contributed by atoms with Gasteiger partial charge in [0.2, 0.25) is 0 Å². The molecule has 0 fully saturated rings. The molecular formula is C16H16O3. The molecule has 98 valence electrons. The molecule has 0 saturated carbocycles. The minimum Gasteiger partial charge on any atom is -0.489 e. The normalized spacial score (nSPS) is 13.1. The van der Waals surface area contributed by atoms with Crippen LogP contribution in [0.2, 0.25) is 0 Å². The van der Waals surface area contributed by atoms with Gasteiger partial charge in [-0.1, -0.05) is 24.3 Å². The van der Waals surface area contributed by atoms with Crippen LogP contribution in [0.25, 0.3) is 0 Å². The van der Waals surface area contributed by atoms with Crippen molar-refractivity contribution in [2.45, 2.75) is 13.5 Å². The number of aryl methyl sites for hydroxylation is 1. The van der Waals surface area contributed by atoms with Gasteiger partial charge in [-0.3, -0.25) is 0 Å². The van der Waals surface area contributed by atoms with Gasteiger partial charge in [-0.25, -0.2) is 0 Å². The third kappa shape index (κ3) is 2.65. The number of fused-ring (bicyclic) bond motifs is 1. The van der Waals surface area contributed by atoms with Gasteiger partial charge in [0.05, 0.1) is 0 Å². The second-order valence-corrected chi connectivity index (χ2v) is 4.52. The van der Waals surface area contributed by atoms with Gasteiger partial charge in [-0.2, -0.15) is 0 Å². The molecule has 0 atom stereocenters. The molecule has 2 aromatic rings. The van der Waals surface area contributed by atoms with E-state index in [-0.39, 0.29) is 0 Å². The molecule has 2 aromatic carbocycles. The van der Waals surface area contributed by atoms with Crippen LogP contribution in [-0.2, 0) is 6.61 Å². The van der Waals surface area contributed by atoms with Gasteiger partial charge in [0, 0.05) is 6.07 Å². The molecule has 0 radical (unpaired) electrons. The van der Waals surface area contributed by atoms with E-state index in [0.29, 0.717) is 19.8 Å². The van der Waals surface area contributed by atoms with Crippen LogP contribution in [0.15, 0.2) is 42.5 Å². The van der Waals surface area contributed by atoms with E-state index in [4.69, 9.17) is 14.2 Å². The largest absolute Gasteiger partial charge is 0.489 e. The summed E-state index contributed by atoms with van der Waals surface area (Å²) < 4.78 is 16.8. The Bertz CT molecular complexity index is 578. The standard InChI is InChI=1S/C16H16O3/c1-12-4-2-3-5-13(12)11-19-14-6-7-15-16(10-14)18-9-8-17-15/h2-7,10H,8-9,11H2,1H3. The van der Waals surface area contributed by atoms with Crippen LogP contribution < -0.4 is 14.2 Å². The Morgan fingerprint density at radius 1 is 1.00 bits per heavy atom. The Kier molecular flexibility index (Phi) is 3.27. The third-order valence-corrected chi connectivity index (χ3v) is 3.17. The predicted molar refractivity (Wildman–Crippen MR) is 72.9 cm³/mol. The highest BCUT2D eigenvalue weighted by atomic mass is 16.6. The maximum absolute atomic E-state index is 5.80. The van der Waals surface area contributed by atoms with Gasteiger partial charge in [-0.05, 0) is 30.2 Å². The van der Waals surface area contributed by atoms with Crippen molar-refractivity contribution in [2.75, 3.05) is 13.2 Å². The number of benzene rings is 2. The van der Waals surface area contributed by atoms with Crippen molar-refractivity contribution in [1.29, 1.82) is 0 Å². The Balaban J connectivity index is 1.72. The van der Waals surface area contributed by atoms with E-state index in [2.05, 4.69) is 19.1 Å². The zero-order chi connectivity index (χ0) is 13.1. The van der Waals surface area contributed by atoms with Crippen LogP contribution >= 0.6 is 0 Å². The minimum atomic E-state index is 0.562. The molecule has 1 aliphatic heterocycles. The summed E-state index contributed by atoms with van der Waals surface area (Å²) in [7, 11) is 0. The molecule has 0 amide bonds. The molecule has 0 bridgehead atoms. The van der Waals surface area contributed by atoms with Crippen molar-refractivity contribution in [3.8, 4) is 17.2 Å². The Morgan fingerprint density at radius 2 is 1.79 bits per heavy atom. The summed E-state index contributed by atoms with van der Waals surface area (Å²) in [5.74, 6) is 2.34. The van der Waals surface area contributed by atoms with Crippen LogP contribution in [0.1, 0.15) is 11.1 Å². The average molecular weight is 256 g/mol. The fourth-order valence-corrected chi connectivity index (χ4v) is 2.05. The fourth-order valence-electron chi connectivity index (χ4n) is 2.05. The Morgan fingerprint density at radius 3 is 2.63 bits per heavy atom. The van der Waals surface area contributed by atoms with Crippen molar-refractivity contribution >= 4 is 0 Å². The molecule has 19 heavy (non-hydrogen) atoms. The molecule has 0 N–H and O–H groups in total. The van der Waals surface area contributed by atoms with Crippen molar-refractivity contribution in [3.05, 3.63) is 53.6 Å². The number of rotatable bonds is 3. The first-order valence-corrected chi connectivity index (χ1v) is 6.40. The van der Waals surface area contributed by atoms with E-state index in [1.165, 1.54) is 11.1 Å². The maximum atomic E-state index is 5.80. The SMILES string of the molecule is Cc1ccccc1COc1ccc2c(c1)OCCO2. The lowest BCUT2D eigenvalue weighted by molar-refractivity contribution is 0.170. The number of ether oxygens (including phenoxy) is 3. The van der Waals surface area contributed by atoms with E-state index in [1.54, 1.807) is 0 Å². The summed E-state index contributed by atoms with van der Waals surface area (Å²) >= 11 is 0. The summed E-state index contributed by atoms with van der Waals surface area (Å²) in [6, 6.07) is 13.9. The zero-order valence-electron chi connectivity index (χ0n) is 10.9. The molecule has 3 heteroatoms. The molecule has 0 unspecified atom stereocenters. The van der Waals surface area contributed by atoms with Gasteiger partial charge in [0.25, 0.3) is 0 Å². The van der Waals surface area contributed by atoms with Crippen molar-refractivity contribution in [3.63, 3.8) is 0 Å². The number of hydrogen-bond acceptors (Lipinski definition) is 3. The molecular weight excluding hydrogens is 240 g/mol. The van der Waals surface area contributed by atoms with Gasteiger partial charge >= 0.3 is 0 Å². The molecule has 0 saturated heterocycles. The minimum absolute atomic E-state index is 0.562. The fraction of sp³-hybridized carbons (Fsp3) is 0.250. The zero-order valence-corrected chi connectivity index (χ0v) is 10.9. The highest BCUT2D eigenvalue weighted by Gasteiger charge is 2.12. The molecule has 1 heterocycles. The van der Waals surface area contributed by atoms with Crippen molar-refractivity contribution in [1.82, 2.24) is 0 Å². The summed E-state index contributed by atoms with van der Waals surface area (Å²) in [6.07, 6.45) is 0. The topological polar surface area (TPSA) is 27.7 Å². The molecule has 3 rings (SSSR count). The molecule has 0 aliphatic carbocycles. The quantitative estimate of drug-likeness (QED) is 0.843. The van der Waals surface area contributed by atoms with Gasteiger partial charge in [-0.15, -0.1) is 0 Å². The van der Waals surface area contributed by atoms with Crippen molar-refractivity contribution in [2.24, 2.45) is 0 Å². The molecule has 0 aromatic heterocycles. The van der Waals surface area contributed by atoms with Gasteiger partial charge in [0.15, 0.2) is 11.5 Å². The second kappa shape index (κ2) is 5.22. The van der Waals surface area contributed by atoms with Gasteiger partial charge in [0.1, 0.15) is 25.6 Å². The Labute approximate surface area is 112 Å². The van der Waals surface area contributed by atoms with E-state index in [1.807, 2.05) is 30.3 Å². The van der Waals surface area contributed by atoms with E-state index < -0.39 is 0 Å². The summed E-state index contributed by atoms with van der Waals surface area (Å²) in [6.45, 7) is 3.85. The molecule has 1 aliphatic rings. The van der Waals surface area contributed by atoms with Crippen LogP contribution in [0, 0.1) is 6.92 Å². The smallest absolute Gasteiger partial charge is 0.165 e. The van der Waals surface area contributed by atoms with Crippen LogP contribution in [0.3, 0.4) is 0 Å². The monoisotopic (exact) mass is 256 g/mol. The summed E-state index contributed by atoms with van der Waals surface area (Å²) in [5, 5.41) is 0. The van der Waals surface area contributed by atoms with Crippen LogP contribution in [-0.4, -0.2) is 13.2 Å². The van der Waals surface area contributed by atoms with E-state index in [0.717, 1.165) is 17.2 Å². The Hall–Kier alpha value is -2.16. The first kappa shape index (κ1) is 11.9. The molecule has 0 spiro atoms. The first-order valence-electron chi connectivity index (χ1n) is 6.40. The lowest BCUT2D eigenvalue weighted by Crippen LogP contribution is -2.15. The van der Waals surface area contributed by atoms with Crippen LogP contribution in [0.5, 0.6) is 17.2 Å².